The smallest absolute Gasteiger partial charge is 0.303 e. The van der Waals surface area contributed by atoms with E-state index in [1.165, 1.54) is 13.0 Å². The average molecular weight is 272 g/mol. The highest BCUT2D eigenvalue weighted by Crippen LogP contribution is 2.20. The number of carbonyl (C=O) groups excluding carboxylic acids is 1. The number of amidine groups is 1. The maximum Gasteiger partial charge on any atom is 0.303 e. The van der Waals surface area contributed by atoms with Crippen LogP contribution < -0.4 is 5.73 Å². The fourth-order valence-corrected chi connectivity index (χ4v) is 1.68. The van der Waals surface area contributed by atoms with Gasteiger partial charge in [-0.2, -0.15) is 0 Å². The van der Waals surface area contributed by atoms with Crippen LogP contribution in [0, 0.1) is 0 Å². The molecule has 8 nitrogen and oxygen atoms in total. The van der Waals surface area contributed by atoms with E-state index in [1.54, 1.807) is 6.08 Å². The van der Waals surface area contributed by atoms with Crippen molar-refractivity contribution in [3.8, 4) is 0 Å². The molecule has 0 aliphatic carbocycles. The van der Waals surface area contributed by atoms with Gasteiger partial charge in [0.25, 0.3) is 0 Å². The third kappa shape index (κ3) is 4.59. The van der Waals surface area contributed by atoms with Crippen LogP contribution in [-0.4, -0.2) is 46.4 Å². The molecular formula is C11H16N2O6. The summed E-state index contributed by atoms with van der Waals surface area (Å²) in [6, 6.07) is 0. The van der Waals surface area contributed by atoms with Crippen molar-refractivity contribution >= 4 is 17.8 Å². The molecule has 0 fully saturated rings. The number of nitrogens with zero attached hydrogens (tertiary/aromatic N) is 1. The van der Waals surface area contributed by atoms with Crippen LogP contribution in [0.1, 0.15) is 19.8 Å². The number of carbonyl (C=O) groups is 2. The first-order valence-electron chi connectivity index (χ1n) is 5.64. The van der Waals surface area contributed by atoms with E-state index in [9.17, 15) is 9.59 Å². The maximum absolute atomic E-state index is 11.0. The summed E-state index contributed by atoms with van der Waals surface area (Å²) >= 11 is 0. The zero-order chi connectivity index (χ0) is 14.4. The molecule has 8 heteroatoms. The predicted octanol–water partition coefficient (Wildman–Crippen LogP) is -0.147. The molecule has 19 heavy (non-hydrogen) atoms. The quantitative estimate of drug-likeness (QED) is 0.158. The molecule has 1 aliphatic heterocycles. The topological polar surface area (TPSA) is 131 Å². The summed E-state index contributed by atoms with van der Waals surface area (Å²) in [6.07, 6.45) is 0.928. The molecule has 0 aromatic heterocycles. The summed E-state index contributed by atoms with van der Waals surface area (Å²) in [5.74, 6) is -1.64. The normalized spacial score (nSPS) is 27.0. The summed E-state index contributed by atoms with van der Waals surface area (Å²) in [6.45, 7) is 1.25. The van der Waals surface area contributed by atoms with E-state index in [-0.39, 0.29) is 18.7 Å². The number of carboxylic acid groups (broad SMARTS) is 1. The second-order valence-electron chi connectivity index (χ2n) is 4.01. The summed E-state index contributed by atoms with van der Waals surface area (Å²) in [5.41, 5.74) is 5.41. The average Bonchev–Trinajstić information content (AvgIpc) is 2.35. The van der Waals surface area contributed by atoms with Crippen molar-refractivity contribution in [2.45, 2.75) is 38.1 Å². The number of hydrogen-bond donors (Lipinski definition) is 3. The van der Waals surface area contributed by atoms with Crippen molar-refractivity contribution in [1.29, 1.82) is 0 Å². The van der Waals surface area contributed by atoms with E-state index in [2.05, 4.69) is 5.16 Å². The Balaban J connectivity index is 2.77. The van der Waals surface area contributed by atoms with Gasteiger partial charge in [0.15, 0.2) is 5.84 Å². The van der Waals surface area contributed by atoms with Crippen LogP contribution in [-0.2, 0) is 19.1 Å². The zero-order valence-corrected chi connectivity index (χ0v) is 10.4. The Morgan fingerprint density at radius 1 is 1.47 bits per heavy atom. The van der Waals surface area contributed by atoms with E-state index in [4.69, 9.17) is 25.5 Å². The lowest BCUT2D eigenvalue weighted by atomic mass is 10.0. The maximum atomic E-state index is 11.0. The molecule has 1 aliphatic rings. The van der Waals surface area contributed by atoms with E-state index in [0.29, 0.717) is 0 Å². The minimum Gasteiger partial charge on any atom is -0.481 e. The lowest BCUT2D eigenvalue weighted by Crippen LogP contribution is -2.43. The number of hydrogen-bond acceptors (Lipinski definition) is 6. The Kier molecular flexibility index (Phi) is 5.31. The van der Waals surface area contributed by atoms with Gasteiger partial charge in [-0.3, -0.25) is 9.59 Å². The molecule has 1 heterocycles. The molecule has 0 amide bonds. The van der Waals surface area contributed by atoms with Crippen LogP contribution in [0.3, 0.4) is 0 Å². The minimum atomic E-state index is -0.986. The SMILES string of the molecule is CC(=O)OC1C=CC(C(N)=NO)OC1CCC(=O)O. The fraction of sp³-hybridized carbons (Fsp3) is 0.545. The van der Waals surface area contributed by atoms with E-state index >= 15 is 0 Å². The number of ether oxygens (including phenoxy) is 2. The first-order valence-corrected chi connectivity index (χ1v) is 5.64. The van der Waals surface area contributed by atoms with E-state index in [1.807, 2.05) is 0 Å². The molecule has 3 unspecified atom stereocenters. The highest BCUT2D eigenvalue weighted by atomic mass is 16.6. The van der Waals surface area contributed by atoms with Gasteiger partial charge in [-0.15, -0.1) is 0 Å². The molecule has 0 aromatic rings. The Labute approximate surface area is 109 Å². The molecule has 0 saturated carbocycles. The highest BCUT2D eigenvalue weighted by molar-refractivity contribution is 5.86. The van der Waals surface area contributed by atoms with Gasteiger partial charge < -0.3 is 25.5 Å². The number of aliphatic carboxylic acids is 1. The van der Waals surface area contributed by atoms with Gasteiger partial charge in [-0.25, -0.2) is 0 Å². The van der Waals surface area contributed by atoms with Crippen LogP contribution in [0.15, 0.2) is 17.3 Å². The molecule has 0 bridgehead atoms. The van der Waals surface area contributed by atoms with Crippen LogP contribution in [0.25, 0.3) is 0 Å². The first kappa shape index (κ1) is 15.0. The van der Waals surface area contributed by atoms with Crippen molar-refractivity contribution in [2.24, 2.45) is 10.9 Å². The number of carboxylic acids is 1. The van der Waals surface area contributed by atoms with Crippen LogP contribution in [0.4, 0.5) is 0 Å². The summed E-state index contributed by atoms with van der Waals surface area (Å²) in [4.78, 5) is 21.5. The summed E-state index contributed by atoms with van der Waals surface area (Å²) < 4.78 is 10.5. The van der Waals surface area contributed by atoms with Gasteiger partial charge in [0.05, 0.1) is 0 Å². The zero-order valence-electron chi connectivity index (χ0n) is 10.4. The van der Waals surface area contributed by atoms with Crippen LogP contribution >= 0.6 is 0 Å². The van der Waals surface area contributed by atoms with Gasteiger partial charge in [-0.05, 0) is 18.6 Å². The summed E-state index contributed by atoms with van der Waals surface area (Å²) in [7, 11) is 0. The van der Waals surface area contributed by atoms with Gasteiger partial charge in [0.1, 0.15) is 18.3 Å². The largest absolute Gasteiger partial charge is 0.481 e. The minimum absolute atomic E-state index is 0.140. The van der Waals surface area contributed by atoms with Crippen molar-refractivity contribution in [3.63, 3.8) is 0 Å². The lowest BCUT2D eigenvalue weighted by Gasteiger charge is -2.31. The molecule has 1 rings (SSSR count). The number of esters is 1. The second kappa shape index (κ2) is 6.74. The van der Waals surface area contributed by atoms with Gasteiger partial charge in [0.2, 0.25) is 0 Å². The molecule has 3 atom stereocenters. The molecule has 0 aromatic carbocycles. The highest BCUT2D eigenvalue weighted by Gasteiger charge is 2.31. The Bertz CT molecular complexity index is 406. The predicted molar refractivity (Wildman–Crippen MR) is 63.6 cm³/mol. The first-order chi connectivity index (χ1) is 8.93. The number of rotatable bonds is 5. The van der Waals surface area contributed by atoms with E-state index < -0.39 is 30.3 Å². The third-order valence-corrected chi connectivity index (χ3v) is 2.52. The Hall–Kier alpha value is -2.09. The molecule has 0 radical (unpaired) electrons. The molecule has 0 saturated heterocycles. The third-order valence-electron chi connectivity index (χ3n) is 2.52. The van der Waals surface area contributed by atoms with Gasteiger partial charge >= 0.3 is 11.9 Å². The monoisotopic (exact) mass is 272 g/mol. The molecular weight excluding hydrogens is 256 g/mol. The fourth-order valence-electron chi connectivity index (χ4n) is 1.68. The number of oxime groups is 1. The van der Waals surface area contributed by atoms with Crippen LogP contribution in [0.2, 0.25) is 0 Å². The van der Waals surface area contributed by atoms with Gasteiger partial charge in [0, 0.05) is 13.3 Å². The van der Waals surface area contributed by atoms with Crippen molar-refractivity contribution in [3.05, 3.63) is 12.2 Å². The van der Waals surface area contributed by atoms with E-state index in [0.717, 1.165) is 0 Å². The number of nitrogens with two attached hydrogens (primary N) is 1. The molecule has 106 valence electrons. The van der Waals surface area contributed by atoms with Crippen molar-refractivity contribution < 1.29 is 29.4 Å². The van der Waals surface area contributed by atoms with Crippen molar-refractivity contribution in [1.82, 2.24) is 0 Å². The Morgan fingerprint density at radius 2 is 2.16 bits per heavy atom. The van der Waals surface area contributed by atoms with Gasteiger partial charge in [-0.1, -0.05) is 5.16 Å². The molecule has 0 spiro atoms. The summed E-state index contributed by atoms with van der Waals surface area (Å²) in [5, 5.41) is 20.1. The van der Waals surface area contributed by atoms with Crippen LogP contribution in [0.5, 0.6) is 0 Å². The van der Waals surface area contributed by atoms with Crippen molar-refractivity contribution in [2.75, 3.05) is 0 Å². The Morgan fingerprint density at radius 3 is 2.68 bits per heavy atom. The second-order valence-corrected chi connectivity index (χ2v) is 4.01. The lowest BCUT2D eigenvalue weighted by molar-refractivity contribution is -0.153. The standard InChI is InChI=1S/C11H16N2O6/c1-6(14)18-7-2-3-9(11(12)13-17)19-8(7)4-5-10(15)16/h2-3,7-9,17H,4-5H2,1H3,(H2,12,13)(H,15,16). The molecule has 4 N–H and O–H groups in total.